The number of hydrogen-bond acceptors (Lipinski definition) is 0. The van der Waals surface area contributed by atoms with Crippen molar-refractivity contribution in [3.05, 3.63) is 0 Å². The van der Waals surface area contributed by atoms with Gasteiger partial charge >= 0.3 is 39.9 Å². The summed E-state index contributed by atoms with van der Waals surface area (Å²) in [6.07, 6.45) is 0. The van der Waals surface area contributed by atoms with Crippen molar-refractivity contribution in [2.75, 3.05) is 0 Å². The van der Waals surface area contributed by atoms with Gasteiger partial charge in [-0.25, -0.2) is 0 Å². The molecule has 4 heteroatoms. The first kappa shape index (κ1) is 39.9. The van der Waals surface area contributed by atoms with E-state index in [1.165, 1.54) is 0 Å². The molecule has 26 valence electrons. The van der Waals surface area contributed by atoms with Crippen LogP contribution in [0.1, 0.15) is 0 Å². The Hall–Kier alpha value is 1.86. The topological polar surface area (TPSA) is 31.5 Å². The Morgan fingerprint density at radius 1 is 0.750 bits per heavy atom. The summed E-state index contributed by atoms with van der Waals surface area (Å²) in [6.45, 7) is 0. The van der Waals surface area contributed by atoms with Gasteiger partial charge in [-0.3, -0.25) is 0 Å². The molecule has 0 aliphatic heterocycles. The average Bonchev–Trinajstić information content (AvgIpc) is 0. The molecule has 0 rings (SSSR count). The van der Waals surface area contributed by atoms with Crippen LogP contribution in [0.25, 0.3) is 0 Å². The number of rotatable bonds is 0. The van der Waals surface area contributed by atoms with Gasteiger partial charge in [-0.2, -0.15) is 0 Å². The second kappa shape index (κ2) is 20.9. The van der Waals surface area contributed by atoms with Crippen molar-refractivity contribution in [1.29, 1.82) is 0 Å². The first-order chi connectivity index (χ1) is 0. The quantitative estimate of drug-likeness (QED) is 0.425. The van der Waals surface area contributed by atoms with Gasteiger partial charge in [0.05, 0.1) is 0 Å². The molecule has 0 aliphatic carbocycles. The van der Waals surface area contributed by atoms with Crippen molar-refractivity contribution in [1.82, 2.24) is 0 Å². The van der Waals surface area contributed by atoms with Crippen molar-refractivity contribution in [3.8, 4) is 0 Å². The second-order valence-electron chi connectivity index (χ2n) is 0. The van der Waals surface area contributed by atoms with Crippen LogP contribution in [0.3, 0.4) is 0 Å². The van der Waals surface area contributed by atoms with E-state index in [4.69, 9.17) is 0 Å². The summed E-state index contributed by atoms with van der Waals surface area (Å²) in [5, 5.41) is 0. The molecule has 0 radical (unpaired) electrons. The minimum atomic E-state index is 0. The molecule has 0 aromatic heterocycles. The van der Waals surface area contributed by atoms with Gasteiger partial charge in [0.25, 0.3) is 0 Å². The first-order valence-electron chi connectivity index (χ1n) is 0. The number of halogens is 2. The standard InChI is InChI=1S/2ClH.H2O.Th/h2*1H;1H2;/q;;;+2/p-2. The predicted octanol–water partition coefficient (Wildman–Crippen LogP) is -6.82. The third-order valence-corrected chi connectivity index (χ3v) is 0. The summed E-state index contributed by atoms with van der Waals surface area (Å²) < 4.78 is 0. The van der Waals surface area contributed by atoms with Crippen LogP contribution in [0.15, 0.2) is 0 Å². The van der Waals surface area contributed by atoms with Gasteiger partial charge in [0.15, 0.2) is 0 Å². The molecule has 0 aliphatic rings. The van der Waals surface area contributed by atoms with Gasteiger partial charge in [0, 0.05) is 0 Å². The maximum absolute atomic E-state index is 0. The van der Waals surface area contributed by atoms with E-state index in [1.54, 1.807) is 0 Å². The van der Waals surface area contributed by atoms with Gasteiger partial charge in [-0.15, -0.1) is 0 Å². The summed E-state index contributed by atoms with van der Waals surface area (Å²) in [7, 11) is 0. The molecular formula is H2Cl2OTh. The first-order valence-corrected chi connectivity index (χ1v) is 0. The molecule has 0 heterocycles. The summed E-state index contributed by atoms with van der Waals surface area (Å²) in [5.41, 5.74) is 0. The fourth-order valence-electron chi connectivity index (χ4n) is 0. The molecular weight excluding hydrogens is 319 g/mol. The Morgan fingerprint density at radius 3 is 0.750 bits per heavy atom. The van der Waals surface area contributed by atoms with Crippen molar-refractivity contribution >= 4 is 0 Å². The Balaban J connectivity index is 0. The Bertz CT molecular complexity index is 6.00. The summed E-state index contributed by atoms with van der Waals surface area (Å²) >= 11 is 0. The average molecular weight is 321 g/mol. The monoisotopic (exact) mass is 320 g/mol. The molecule has 0 bridgehead atoms. The largest absolute Gasteiger partial charge is 2.00 e. The van der Waals surface area contributed by atoms with Gasteiger partial charge in [0.2, 0.25) is 0 Å². The van der Waals surface area contributed by atoms with E-state index in [9.17, 15) is 0 Å². The normalized spacial score (nSPS) is 0. The molecule has 0 aromatic rings. The van der Waals surface area contributed by atoms with Gasteiger partial charge < -0.3 is 30.3 Å². The molecule has 0 unspecified atom stereocenters. The van der Waals surface area contributed by atoms with Crippen LogP contribution in [0.2, 0.25) is 0 Å². The third-order valence-electron chi connectivity index (χ3n) is 0. The zero-order valence-electron chi connectivity index (χ0n) is 1.76. The summed E-state index contributed by atoms with van der Waals surface area (Å²) in [5.74, 6) is 0. The van der Waals surface area contributed by atoms with Crippen LogP contribution >= 0.6 is 0 Å². The molecule has 0 saturated heterocycles. The molecule has 1 nitrogen and oxygen atoms in total. The third kappa shape index (κ3) is 9.12. The maximum Gasteiger partial charge on any atom is 2.00 e. The second-order valence-corrected chi connectivity index (χ2v) is 0. The van der Waals surface area contributed by atoms with Crippen LogP contribution in [0.5, 0.6) is 0 Å². The van der Waals surface area contributed by atoms with E-state index in [1.807, 2.05) is 0 Å². The van der Waals surface area contributed by atoms with Crippen molar-refractivity contribution in [3.63, 3.8) is 0 Å². The number of hydrogen-bond donors (Lipinski definition) is 0. The molecule has 0 amide bonds. The maximum atomic E-state index is 0. The fourth-order valence-corrected chi connectivity index (χ4v) is 0. The van der Waals surface area contributed by atoms with E-state index in [-0.39, 0.29) is 70.2 Å². The molecule has 2 N–H and O–H groups in total. The Kier molecular flexibility index (Phi) is 209. The zero-order chi connectivity index (χ0) is 0. The van der Waals surface area contributed by atoms with Crippen LogP contribution in [0, 0.1) is 39.9 Å². The van der Waals surface area contributed by atoms with Crippen LogP contribution in [0.4, 0.5) is 0 Å². The minimum Gasteiger partial charge on any atom is -1.00 e. The minimum absolute atomic E-state index is 0. The molecule has 0 aromatic carbocycles. The SMILES string of the molecule is O.[Cl-].[Cl-].[Th+2]. The van der Waals surface area contributed by atoms with Gasteiger partial charge in [0.1, 0.15) is 0 Å². The molecule has 0 spiro atoms. The van der Waals surface area contributed by atoms with Crippen LogP contribution in [-0.2, 0) is 0 Å². The van der Waals surface area contributed by atoms with Crippen LogP contribution in [-0.4, -0.2) is 5.48 Å². The molecule has 0 atom stereocenters. The summed E-state index contributed by atoms with van der Waals surface area (Å²) in [6, 6.07) is 0. The van der Waals surface area contributed by atoms with Gasteiger partial charge in [-0.05, 0) is 0 Å². The predicted molar refractivity (Wildman–Crippen MR) is 3.61 cm³/mol. The Labute approximate surface area is 69.3 Å². The Morgan fingerprint density at radius 2 is 0.750 bits per heavy atom. The van der Waals surface area contributed by atoms with E-state index in [0.717, 1.165) is 0 Å². The fraction of sp³-hybridized carbons (Fsp3) is 0. The summed E-state index contributed by atoms with van der Waals surface area (Å²) in [4.78, 5) is 0. The van der Waals surface area contributed by atoms with E-state index in [2.05, 4.69) is 0 Å². The van der Waals surface area contributed by atoms with Crippen molar-refractivity contribution in [2.45, 2.75) is 0 Å². The van der Waals surface area contributed by atoms with E-state index < -0.39 is 0 Å². The molecule has 4 heavy (non-hydrogen) atoms. The van der Waals surface area contributed by atoms with E-state index >= 15 is 0 Å². The zero-order valence-corrected chi connectivity index (χ0v) is 7.38. The van der Waals surface area contributed by atoms with Crippen molar-refractivity contribution < 1.29 is 70.2 Å². The van der Waals surface area contributed by atoms with E-state index in [0.29, 0.717) is 0 Å². The van der Waals surface area contributed by atoms with Gasteiger partial charge in [-0.1, -0.05) is 0 Å². The van der Waals surface area contributed by atoms with Crippen molar-refractivity contribution in [2.24, 2.45) is 0 Å². The van der Waals surface area contributed by atoms with Crippen LogP contribution < -0.4 is 24.8 Å². The molecule has 0 fully saturated rings. The smallest absolute Gasteiger partial charge is 1.00 e. The molecule has 0 saturated carbocycles.